The average Bonchev–Trinajstić information content (AvgIpc) is 2.92. The van der Waals surface area contributed by atoms with Gasteiger partial charge >= 0.3 is 0 Å². The number of hydrogen-bond acceptors (Lipinski definition) is 3. The van der Waals surface area contributed by atoms with Gasteiger partial charge in [-0.05, 0) is 50.4 Å². The minimum absolute atomic E-state index is 0.470. The van der Waals surface area contributed by atoms with Crippen molar-refractivity contribution in [1.29, 1.82) is 0 Å². The topological polar surface area (TPSA) is 24.9 Å². The Morgan fingerprint density at radius 1 is 1.48 bits per heavy atom. The Balaban J connectivity index is 1.96. The first-order valence-electron chi connectivity index (χ1n) is 7.37. The minimum atomic E-state index is 0.470. The molecule has 0 radical (unpaired) electrons. The van der Waals surface area contributed by atoms with Crippen LogP contribution in [0, 0.1) is 0 Å². The Labute approximate surface area is 143 Å². The lowest BCUT2D eigenvalue weighted by atomic mass is 9.98. The SMILES string of the molecule is CCCNC1CCCc2nc(-c3cc(Cl)ccc3Br)sc21. The summed E-state index contributed by atoms with van der Waals surface area (Å²) in [5.41, 5.74) is 2.36. The van der Waals surface area contributed by atoms with Crippen molar-refractivity contribution < 1.29 is 0 Å². The number of nitrogens with zero attached hydrogens (tertiary/aromatic N) is 1. The molecule has 3 rings (SSSR count). The molecule has 112 valence electrons. The summed E-state index contributed by atoms with van der Waals surface area (Å²) in [5.74, 6) is 0. The first-order valence-corrected chi connectivity index (χ1v) is 9.36. The van der Waals surface area contributed by atoms with Crippen molar-refractivity contribution in [2.24, 2.45) is 0 Å². The maximum atomic E-state index is 6.13. The smallest absolute Gasteiger partial charge is 0.125 e. The molecule has 0 spiro atoms. The second-order valence-corrected chi connectivity index (χ2v) is 7.67. The van der Waals surface area contributed by atoms with Crippen LogP contribution in [0.5, 0.6) is 0 Å². The summed E-state index contributed by atoms with van der Waals surface area (Å²) in [6.07, 6.45) is 4.69. The molecule has 1 unspecified atom stereocenters. The highest BCUT2D eigenvalue weighted by molar-refractivity contribution is 9.10. The van der Waals surface area contributed by atoms with Crippen molar-refractivity contribution in [2.75, 3.05) is 6.54 Å². The van der Waals surface area contributed by atoms with Crippen molar-refractivity contribution in [3.05, 3.63) is 38.3 Å². The Hall–Kier alpha value is -0.420. The third kappa shape index (κ3) is 3.34. The Bertz CT molecular complexity index is 641. The van der Waals surface area contributed by atoms with Crippen LogP contribution in [0.25, 0.3) is 10.6 Å². The summed E-state index contributed by atoms with van der Waals surface area (Å²) in [6.45, 7) is 3.27. The number of aryl methyl sites for hydroxylation is 1. The number of fused-ring (bicyclic) bond motifs is 1. The molecule has 1 aliphatic rings. The van der Waals surface area contributed by atoms with Crippen molar-refractivity contribution >= 4 is 38.9 Å². The van der Waals surface area contributed by atoms with Gasteiger partial charge in [-0.3, -0.25) is 0 Å². The van der Waals surface area contributed by atoms with Crippen molar-refractivity contribution in [2.45, 2.75) is 38.6 Å². The zero-order valence-electron chi connectivity index (χ0n) is 12.0. The Morgan fingerprint density at radius 2 is 2.33 bits per heavy atom. The summed E-state index contributed by atoms with van der Waals surface area (Å²) >= 11 is 11.6. The summed E-state index contributed by atoms with van der Waals surface area (Å²) in [5, 5.41) is 5.47. The molecule has 0 fully saturated rings. The quantitative estimate of drug-likeness (QED) is 0.740. The standard InChI is InChI=1S/C16H18BrClN2S/c1-2-8-19-13-4-3-5-14-15(13)21-16(20-14)11-9-10(18)6-7-12(11)17/h6-7,9,13,19H,2-5,8H2,1H3. The molecule has 1 aromatic carbocycles. The van der Waals surface area contributed by atoms with Gasteiger partial charge in [0.05, 0.1) is 5.69 Å². The molecule has 2 aromatic rings. The Morgan fingerprint density at radius 3 is 3.14 bits per heavy atom. The molecular formula is C16H18BrClN2S. The van der Waals surface area contributed by atoms with Gasteiger partial charge in [0.2, 0.25) is 0 Å². The number of thiazole rings is 1. The van der Waals surface area contributed by atoms with Crippen molar-refractivity contribution in [3.8, 4) is 10.6 Å². The minimum Gasteiger partial charge on any atom is -0.309 e. The lowest BCUT2D eigenvalue weighted by Gasteiger charge is -2.22. The van der Waals surface area contributed by atoms with E-state index in [0.717, 1.165) is 39.5 Å². The van der Waals surface area contributed by atoms with E-state index < -0.39 is 0 Å². The highest BCUT2D eigenvalue weighted by Crippen LogP contribution is 2.40. The first kappa shape index (κ1) is 15.5. The highest BCUT2D eigenvalue weighted by Gasteiger charge is 2.24. The predicted molar refractivity (Wildman–Crippen MR) is 94.2 cm³/mol. The molecule has 0 saturated carbocycles. The fourth-order valence-corrected chi connectivity index (χ4v) is 4.70. The van der Waals surface area contributed by atoms with E-state index in [4.69, 9.17) is 16.6 Å². The van der Waals surface area contributed by atoms with Crippen LogP contribution in [0.3, 0.4) is 0 Å². The zero-order chi connectivity index (χ0) is 14.8. The molecule has 1 aromatic heterocycles. The number of nitrogens with one attached hydrogen (secondary N) is 1. The van der Waals surface area contributed by atoms with Gasteiger partial charge in [0.1, 0.15) is 5.01 Å². The fraction of sp³-hybridized carbons (Fsp3) is 0.438. The summed E-state index contributed by atoms with van der Waals surface area (Å²) in [7, 11) is 0. The molecule has 0 bridgehead atoms. The Kier molecular flexibility index (Phi) is 4.99. The van der Waals surface area contributed by atoms with Gasteiger partial charge in [-0.25, -0.2) is 4.98 Å². The maximum absolute atomic E-state index is 6.13. The monoisotopic (exact) mass is 384 g/mol. The molecule has 5 heteroatoms. The van der Waals surface area contributed by atoms with Crippen LogP contribution >= 0.6 is 38.9 Å². The van der Waals surface area contributed by atoms with E-state index in [-0.39, 0.29) is 0 Å². The molecule has 1 atom stereocenters. The van der Waals surface area contributed by atoms with E-state index in [2.05, 4.69) is 28.2 Å². The number of hydrogen-bond donors (Lipinski definition) is 1. The molecule has 1 N–H and O–H groups in total. The van der Waals surface area contributed by atoms with Crippen molar-refractivity contribution in [1.82, 2.24) is 10.3 Å². The van der Waals surface area contributed by atoms with Crippen molar-refractivity contribution in [3.63, 3.8) is 0 Å². The normalized spacial score (nSPS) is 17.8. The van der Waals surface area contributed by atoms with E-state index in [1.165, 1.54) is 23.4 Å². The second-order valence-electron chi connectivity index (χ2n) is 5.35. The lowest BCUT2D eigenvalue weighted by molar-refractivity contribution is 0.465. The first-order chi connectivity index (χ1) is 10.2. The van der Waals surface area contributed by atoms with Crippen LogP contribution in [-0.2, 0) is 6.42 Å². The van der Waals surface area contributed by atoms with E-state index in [1.807, 2.05) is 29.5 Å². The number of benzene rings is 1. The lowest BCUT2D eigenvalue weighted by Crippen LogP contribution is -2.24. The van der Waals surface area contributed by atoms with Gasteiger partial charge in [0.25, 0.3) is 0 Å². The largest absolute Gasteiger partial charge is 0.309 e. The van der Waals surface area contributed by atoms with Gasteiger partial charge in [0, 0.05) is 26.0 Å². The number of halogens is 2. The van der Waals surface area contributed by atoms with Gasteiger partial charge in [-0.15, -0.1) is 11.3 Å². The van der Waals surface area contributed by atoms with E-state index in [9.17, 15) is 0 Å². The van der Waals surface area contributed by atoms with Gasteiger partial charge < -0.3 is 5.32 Å². The summed E-state index contributed by atoms with van der Waals surface area (Å²) in [4.78, 5) is 6.28. The van der Waals surface area contributed by atoms with Gasteiger partial charge in [-0.2, -0.15) is 0 Å². The predicted octanol–water partition coefficient (Wildman–Crippen LogP) is 5.60. The van der Waals surface area contributed by atoms with Crippen LogP contribution in [0.2, 0.25) is 5.02 Å². The van der Waals surface area contributed by atoms with E-state index in [1.54, 1.807) is 0 Å². The highest BCUT2D eigenvalue weighted by atomic mass is 79.9. The van der Waals surface area contributed by atoms with Gasteiger partial charge in [-0.1, -0.05) is 34.5 Å². The second kappa shape index (κ2) is 6.78. The van der Waals surface area contributed by atoms with Gasteiger partial charge in [0.15, 0.2) is 0 Å². The molecule has 1 aliphatic carbocycles. The molecule has 2 nitrogen and oxygen atoms in total. The molecule has 0 saturated heterocycles. The van der Waals surface area contributed by atoms with Crippen LogP contribution in [0.4, 0.5) is 0 Å². The number of rotatable bonds is 4. The van der Waals surface area contributed by atoms with Crippen LogP contribution in [0.1, 0.15) is 42.8 Å². The maximum Gasteiger partial charge on any atom is 0.125 e. The van der Waals surface area contributed by atoms with Crippen LogP contribution in [0.15, 0.2) is 22.7 Å². The van der Waals surface area contributed by atoms with E-state index in [0.29, 0.717) is 6.04 Å². The van der Waals surface area contributed by atoms with E-state index >= 15 is 0 Å². The molecule has 1 heterocycles. The van der Waals surface area contributed by atoms with Crippen LogP contribution in [-0.4, -0.2) is 11.5 Å². The summed E-state index contributed by atoms with van der Waals surface area (Å²) < 4.78 is 1.05. The van der Waals surface area contributed by atoms with Crippen LogP contribution < -0.4 is 5.32 Å². The number of aromatic nitrogens is 1. The third-order valence-corrected chi connectivity index (χ3v) is 5.92. The molecule has 0 amide bonds. The molecular weight excluding hydrogens is 368 g/mol. The average molecular weight is 386 g/mol. The molecule has 21 heavy (non-hydrogen) atoms. The zero-order valence-corrected chi connectivity index (χ0v) is 15.1. The fourth-order valence-electron chi connectivity index (χ4n) is 2.71. The molecule has 0 aliphatic heterocycles. The summed E-state index contributed by atoms with van der Waals surface area (Å²) in [6, 6.07) is 6.35. The third-order valence-electron chi connectivity index (χ3n) is 3.75.